The molecule has 0 saturated heterocycles. The van der Waals surface area contributed by atoms with Crippen molar-refractivity contribution in [2.45, 2.75) is 5.60 Å². The van der Waals surface area contributed by atoms with Crippen LogP contribution in [-0.2, 0) is 10.3 Å². The lowest BCUT2D eigenvalue weighted by molar-refractivity contribution is 0.0124. The zero-order valence-corrected chi connectivity index (χ0v) is 19.5. The topological polar surface area (TPSA) is 89.5 Å². The molecule has 8 heteroatoms. The number of methoxy groups -OCH3 is 5. The van der Waals surface area contributed by atoms with E-state index in [0.29, 0.717) is 34.1 Å². The molecule has 3 aromatic rings. The molecule has 0 radical (unpaired) electrons. The molecule has 1 aliphatic rings. The van der Waals surface area contributed by atoms with Gasteiger partial charge in [0.1, 0.15) is 28.7 Å². The van der Waals surface area contributed by atoms with Gasteiger partial charge in [0.2, 0.25) is 11.4 Å². The van der Waals surface area contributed by atoms with Crippen molar-refractivity contribution < 1.29 is 38.0 Å². The summed E-state index contributed by atoms with van der Waals surface area (Å²) in [4.78, 5) is 27.4. The zero-order valence-electron chi connectivity index (χ0n) is 19.5. The number of carbonyl (C=O) groups is 2. The van der Waals surface area contributed by atoms with Gasteiger partial charge >= 0.3 is 5.97 Å². The smallest absolute Gasteiger partial charge is 0.340 e. The minimum Gasteiger partial charge on any atom is -0.497 e. The number of Topliss-reactive ketones (excluding diaryl/α,β-unsaturated/α-hetero) is 1. The van der Waals surface area contributed by atoms with Crippen LogP contribution in [0.5, 0.6) is 28.7 Å². The summed E-state index contributed by atoms with van der Waals surface area (Å²) < 4.78 is 33.0. The van der Waals surface area contributed by atoms with Crippen LogP contribution in [0.4, 0.5) is 0 Å². The van der Waals surface area contributed by atoms with E-state index in [0.717, 1.165) is 0 Å². The van der Waals surface area contributed by atoms with Crippen LogP contribution in [0, 0.1) is 0 Å². The Bertz CT molecular complexity index is 1230. The largest absolute Gasteiger partial charge is 0.497 e. The molecule has 1 heterocycles. The van der Waals surface area contributed by atoms with Gasteiger partial charge in [0.05, 0.1) is 46.7 Å². The first-order valence-electron chi connectivity index (χ1n) is 10.3. The molecular formula is C26H24O8. The van der Waals surface area contributed by atoms with Crippen LogP contribution in [0.2, 0.25) is 0 Å². The molecule has 0 amide bonds. The number of fused-ring (bicyclic) bond motifs is 1. The van der Waals surface area contributed by atoms with Gasteiger partial charge in [0.25, 0.3) is 0 Å². The molecule has 1 atom stereocenters. The molecular weight excluding hydrogens is 440 g/mol. The van der Waals surface area contributed by atoms with Gasteiger partial charge in [-0.05, 0) is 42.5 Å². The van der Waals surface area contributed by atoms with Crippen LogP contribution in [0.25, 0.3) is 0 Å². The molecule has 0 aromatic heterocycles. The Kier molecular flexibility index (Phi) is 6.06. The fourth-order valence-corrected chi connectivity index (χ4v) is 4.09. The average molecular weight is 464 g/mol. The van der Waals surface area contributed by atoms with Crippen LogP contribution in [-0.4, -0.2) is 47.3 Å². The fraction of sp³-hybridized carbons (Fsp3) is 0.231. The highest BCUT2D eigenvalue weighted by molar-refractivity contribution is 6.12. The summed E-state index contributed by atoms with van der Waals surface area (Å²) >= 11 is 0. The predicted octanol–water partition coefficient (Wildman–Crippen LogP) is 4.03. The second-order valence-corrected chi connectivity index (χ2v) is 7.48. The van der Waals surface area contributed by atoms with Crippen molar-refractivity contribution in [1.29, 1.82) is 0 Å². The van der Waals surface area contributed by atoms with E-state index in [1.54, 1.807) is 48.5 Å². The van der Waals surface area contributed by atoms with E-state index in [9.17, 15) is 9.59 Å². The molecule has 4 rings (SSSR count). The Morgan fingerprint density at radius 1 is 0.706 bits per heavy atom. The predicted molar refractivity (Wildman–Crippen MR) is 123 cm³/mol. The van der Waals surface area contributed by atoms with Crippen molar-refractivity contribution in [3.8, 4) is 28.7 Å². The van der Waals surface area contributed by atoms with E-state index in [2.05, 4.69) is 0 Å². The van der Waals surface area contributed by atoms with E-state index in [1.165, 1.54) is 41.6 Å². The van der Waals surface area contributed by atoms with Gasteiger partial charge in [-0.15, -0.1) is 0 Å². The maximum Gasteiger partial charge on any atom is 0.340 e. The lowest BCUT2D eigenvalue weighted by Gasteiger charge is -2.30. The van der Waals surface area contributed by atoms with Crippen molar-refractivity contribution in [3.05, 3.63) is 76.9 Å². The van der Waals surface area contributed by atoms with Crippen molar-refractivity contribution >= 4 is 11.8 Å². The van der Waals surface area contributed by atoms with Gasteiger partial charge in [-0.2, -0.15) is 0 Å². The van der Waals surface area contributed by atoms with Gasteiger partial charge in [-0.3, -0.25) is 4.79 Å². The number of carbonyl (C=O) groups excluding carboxylic acids is 2. The number of benzene rings is 3. The van der Waals surface area contributed by atoms with E-state index < -0.39 is 17.4 Å². The molecule has 0 fully saturated rings. The molecule has 0 spiro atoms. The van der Waals surface area contributed by atoms with Gasteiger partial charge in [-0.1, -0.05) is 0 Å². The van der Waals surface area contributed by atoms with Crippen LogP contribution < -0.4 is 23.7 Å². The Hall–Kier alpha value is -4.20. The third-order valence-corrected chi connectivity index (χ3v) is 5.78. The molecule has 176 valence electrons. The van der Waals surface area contributed by atoms with E-state index in [1.807, 2.05) is 0 Å². The molecule has 1 aliphatic heterocycles. The van der Waals surface area contributed by atoms with Crippen molar-refractivity contribution in [3.63, 3.8) is 0 Å². The lowest BCUT2D eigenvalue weighted by Crippen LogP contribution is -2.38. The summed E-state index contributed by atoms with van der Waals surface area (Å²) in [6.07, 6.45) is 0. The van der Waals surface area contributed by atoms with E-state index >= 15 is 0 Å². The summed E-state index contributed by atoms with van der Waals surface area (Å²) in [7, 11) is 7.46. The third-order valence-electron chi connectivity index (χ3n) is 5.78. The number of hydrogen-bond acceptors (Lipinski definition) is 8. The van der Waals surface area contributed by atoms with Crippen LogP contribution >= 0.6 is 0 Å². The van der Waals surface area contributed by atoms with E-state index in [-0.39, 0.29) is 16.9 Å². The van der Waals surface area contributed by atoms with Gasteiger partial charge in [-0.25, -0.2) is 4.79 Å². The van der Waals surface area contributed by atoms with Gasteiger partial charge in [0, 0.05) is 23.3 Å². The van der Waals surface area contributed by atoms with Crippen LogP contribution in [0.1, 0.15) is 31.8 Å². The van der Waals surface area contributed by atoms with Crippen LogP contribution in [0.3, 0.4) is 0 Å². The molecule has 34 heavy (non-hydrogen) atoms. The standard InChI is InChI=1S/C26H24O8/c1-29-17-8-6-15(7-9-17)24(27)26(16-10-18(30-2)12-19(11-16)31-3)23-21(25(28)34-26)13-20(32-4)14-22(23)33-5/h6-14H,1-5H3/t26-/m1/s1. The monoisotopic (exact) mass is 464 g/mol. The number of rotatable bonds is 8. The first-order valence-corrected chi connectivity index (χ1v) is 10.3. The first-order chi connectivity index (χ1) is 16.4. The van der Waals surface area contributed by atoms with E-state index in [4.69, 9.17) is 28.4 Å². The number of ketones is 1. The van der Waals surface area contributed by atoms with Crippen molar-refractivity contribution in [2.24, 2.45) is 0 Å². The number of ether oxygens (including phenoxy) is 6. The number of cyclic esters (lactones) is 1. The second kappa shape index (κ2) is 8.97. The summed E-state index contributed by atoms with van der Waals surface area (Å²) in [5, 5.41) is 0. The highest BCUT2D eigenvalue weighted by Crippen LogP contribution is 2.51. The maximum absolute atomic E-state index is 14.2. The molecule has 3 aromatic carbocycles. The summed E-state index contributed by atoms with van der Waals surface area (Å²) in [5.74, 6) is 0.936. The molecule has 0 N–H and O–H groups in total. The van der Waals surface area contributed by atoms with Gasteiger partial charge in [0.15, 0.2) is 0 Å². The third kappa shape index (κ3) is 3.57. The first kappa shape index (κ1) is 23.0. The Morgan fingerprint density at radius 3 is 1.79 bits per heavy atom. The summed E-state index contributed by atoms with van der Waals surface area (Å²) in [6, 6.07) is 14.6. The summed E-state index contributed by atoms with van der Waals surface area (Å²) in [5.41, 5.74) is -0.765. The maximum atomic E-state index is 14.2. The minimum absolute atomic E-state index is 0.167. The zero-order chi connectivity index (χ0) is 24.5. The number of hydrogen-bond donors (Lipinski definition) is 0. The highest BCUT2D eigenvalue weighted by atomic mass is 16.6. The van der Waals surface area contributed by atoms with Crippen molar-refractivity contribution in [2.75, 3.05) is 35.5 Å². The molecule has 8 nitrogen and oxygen atoms in total. The second-order valence-electron chi connectivity index (χ2n) is 7.48. The van der Waals surface area contributed by atoms with Crippen molar-refractivity contribution in [1.82, 2.24) is 0 Å². The lowest BCUT2D eigenvalue weighted by atomic mass is 9.79. The molecule has 0 bridgehead atoms. The Balaban J connectivity index is 2.06. The Labute approximate surface area is 196 Å². The number of esters is 1. The average Bonchev–Trinajstić information content (AvgIpc) is 3.20. The fourth-order valence-electron chi connectivity index (χ4n) is 4.09. The Morgan fingerprint density at radius 2 is 1.26 bits per heavy atom. The molecule has 0 aliphatic carbocycles. The highest BCUT2D eigenvalue weighted by Gasteiger charge is 2.55. The summed E-state index contributed by atoms with van der Waals surface area (Å²) in [6.45, 7) is 0. The normalized spacial score (nSPS) is 16.3. The minimum atomic E-state index is -1.86. The molecule has 0 unspecified atom stereocenters. The SMILES string of the molecule is COc1ccc(C(=O)[C@]2(c3cc(OC)cc(OC)c3)OC(=O)c3cc(OC)cc(OC)c32)cc1. The molecule has 0 saturated carbocycles. The van der Waals surface area contributed by atoms with Crippen LogP contribution in [0.15, 0.2) is 54.6 Å². The van der Waals surface area contributed by atoms with Gasteiger partial charge < -0.3 is 28.4 Å². The quantitative estimate of drug-likeness (QED) is 0.365.